The Labute approximate surface area is 158 Å². The molecule has 0 heterocycles. The lowest BCUT2D eigenvalue weighted by Crippen LogP contribution is -2.41. The number of hydrogen-bond acceptors (Lipinski definition) is 4. The Morgan fingerprint density at radius 3 is 2.12 bits per heavy atom. The molecule has 0 aliphatic carbocycles. The van der Waals surface area contributed by atoms with Gasteiger partial charge in [0, 0.05) is 10.5 Å². The van der Waals surface area contributed by atoms with E-state index in [4.69, 9.17) is 4.74 Å². The van der Waals surface area contributed by atoms with E-state index in [-0.39, 0.29) is 11.3 Å². The lowest BCUT2D eigenvalue weighted by atomic mass is 9.87. The topological polar surface area (TPSA) is 67.4 Å². The van der Waals surface area contributed by atoms with Gasteiger partial charge in [-0.2, -0.15) is 0 Å². The Morgan fingerprint density at radius 2 is 1.58 bits per heavy atom. The number of carbonyl (C=O) groups excluding carboxylic acids is 2. The van der Waals surface area contributed by atoms with E-state index in [1.165, 1.54) is 7.11 Å². The van der Waals surface area contributed by atoms with Crippen molar-refractivity contribution < 1.29 is 14.3 Å². The number of methoxy groups -OCH3 is 1. The van der Waals surface area contributed by atoms with E-state index in [1.807, 2.05) is 24.5 Å². The quantitative estimate of drug-likeness (QED) is 0.633. The number of rotatable bonds is 4. The summed E-state index contributed by atoms with van der Waals surface area (Å²) in [7, 11) is 1.51. The third-order valence-electron chi connectivity index (χ3n) is 3.96. The molecule has 0 saturated heterocycles. The van der Waals surface area contributed by atoms with Crippen LogP contribution in [0.3, 0.4) is 0 Å². The van der Waals surface area contributed by atoms with Crippen LogP contribution in [0, 0.1) is 0 Å². The summed E-state index contributed by atoms with van der Waals surface area (Å²) in [5.41, 5.74) is 6.85. The van der Waals surface area contributed by atoms with E-state index >= 15 is 0 Å². The first-order valence-corrected chi connectivity index (χ1v) is 9.42. The van der Waals surface area contributed by atoms with Crippen molar-refractivity contribution in [2.75, 3.05) is 13.4 Å². The molecule has 0 fully saturated rings. The van der Waals surface area contributed by atoms with Gasteiger partial charge in [0.15, 0.2) is 0 Å². The Hall–Kier alpha value is -2.47. The largest absolute Gasteiger partial charge is 0.496 e. The van der Waals surface area contributed by atoms with Crippen LogP contribution in [0.2, 0.25) is 0 Å². The van der Waals surface area contributed by atoms with Gasteiger partial charge >= 0.3 is 0 Å². The third-order valence-corrected chi connectivity index (χ3v) is 4.68. The van der Waals surface area contributed by atoms with Gasteiger partial charge in [0.25, 0.3) is 11.8 Å². The Morgan fingerprint density at radius 1 is 0.962 bits per heavy atom. The molecule has 0 unspecified atom stereocenters. The lowest BCUT2D eigenvalue weighted by Gasteiger charge is -2.19. The van der Waals surface area contributed by atoms with E-state index in [9.17, 15) is 9.59 Å². The second kappa shape index (κ2) is 8.27. The van der Waals surface area contributed by atoms with Crippen LogP contribution in [0.25, 0.3) is 0 Å². The Bertz CT molecular complexity index is 796. The van der Waals surface area contributed by atoms with Crippen LogP contribution in [0.1, 0.15) is 47.1 Å². The van der Waals surface area contributed by atoms with Gasteiger partial charge in [-0.05, 0) is 47.6 Å². The highest BCUT2D eigenvalue weighted by atomic mass is 32.2. The van der Waals surface area contributed by atoms with E-state index in [1.54, 1.807) is 36.0 Å². The van der Waals surface area contributed by atoms with Crippen LogP contribution < -0.4 is 15.6 Å². The normalized spacial score (nSPS) is 11.0. The van der Waals surface area contributed by atoms with Crippen molar-refractivity contribution in [3.8, 4) is 5.75 Å². The van der Waals surface area contributed by atoms with Crippen LogP contribution in [0.4, 0.5) is 0 Å². The molecule has 2 aromatic rings. The Balaban J connectivity index is 2.04. The summed E-state index contributed by atoms with van der Waals surface area (Å²) >= 11 is 1.56. The molecule has 0 atom stereocenters. The highest BCUT2D eigenvalue weighted by Gasteiger charge is 2.16. The molecule has 0 spiro atoms. The zero-order valence-electron chi connectivity index (χ0n) is 15.7. The summed E-state index contributed by atoms with van der Waals surface area (Å²) in [5.74, 6) is -0.356. The number of hydrazine groups is 1. The zero-order chi connectivity index (χ0) is 19.3. The van der Waals surface area contributed by atoms with Crippen molar-refractivity contribution >= 4 is 23.6 Å². The molecule has 138 valence electrons. The first kappa shape index (κ1) is 19.8. The average molecular weight is 372 g/mol. The maximum absolute atomic E-state index is 12.3. The van der Waals surface area contributed by atoms with Gasteiger partial charge in [-0.3, -0.25) is 20.4 Å². The first-order chi connectivity index (χ1) is 12.3. The number of nitrogens with one attached hydrogen (secondary N) is 2. The second-order valence-electron chi connectivity index (χ2n) is 6.80. The van der Waals surface area contributed by atoms with Crippen molar-refractivity contribution in [1.29, 1.82) is 0 Å². The molecule has 2 aromatic carbocycles. The van der Waals surface area contributed by atoms with Crippen LogP contribution in [-0.2, 0) is 5.41 Å². The number of carbonyl (C=O) groups is 2. The molecule has 5 nitrogen and oxygen atoms in total. The molecule has 0 aliphatic heterocycles. The summed E-state index contributed by atoms with van der Waals surface area (Å²) in [6, 6.07) is 12.6. The van der Waals surface area contributed by atoms with Gasteiger partial charge in [0.05, 0.1) is 12.7 Å². The number of benzene rings is 2. The molecule has 2 rings (SSSR count). The molecule has 0 saturated carbocycles. The minimum absolute atomic E-state index is 0.0166. The van der Waals surface area contributed by atoms with Crippen molar-refractivity contribution in [2.45, 2.75) is 31.1 Å². The second-order valence-corrected chi connectivity index (χ2v) is 7.68. The minimum Gasteiger partial charge on any atom is -0.496 e. The molecule has 0 radical (unpaired) electrons. The first-order valence-electron chi connectivity index (χ1n) is 8.19. The predicted molar refractivity (Wildman–Crippen MR) is 105 cm³/mol. The monoisotopic (exact) mass is 372 g/mol. The van der Waals surface area contributed by atoms with E-state index in [0.717, 1.165) is 10.5 Å². The molecular weight excluding hydrogens is 348 g/mol. The van der Waals surface area contributed by atoms with Crippen molar-refractivity contribution in [3.05, 3.63) is 59.2 Å². The SMILES string of the molecule is COc1cc(SC)ccc1C(=O)NNC(=O)c1ccc(C(C)(C)C)cc1. The van der Waals surface area contributed by atoms with Crippen molar-refractivity contribution in [3.63, 3.8) is 0 Å². The Kier molecular flexibility index (Phi) is 6.32. The highest BCUT2D eigenvalue weighted by Crippen LogP contribution is 2.25. The van der Waals surface area contributed by atoms with Gasteiger partial charge in [-0.15, -0.1) is 11.8 Å². The molecule has 0 aromatic heterocycles. The molecule has 2 amide bonds. The van der Waals surface area contributed by atoms with Gasteiger partial charge in [-0.25, -0.2) is 0 Å². The zero-order valence-corrected chi connectivity index (χ0v) is 16.5. The van der Waals surface area contributed by atoms with Crippen LogP contribution in [0.15, 0.2) is 47.4 Å². The maximum Gasteiger partial charge on any atom is 0.273 e. The van der Waals surface area contributed by atoms with E-state index in [2.05, 4.69) is 31.6 Å². The van der Waals surface area contributed by atoms with E-state index < -0.39 is 5.91 Å². The molecular formula is C20H24N2O3S. The minimum atomic E-state index is -0.436. The number of ether oxygens (including phenoxy) is 1. The summed E-state index contributed by atoms with van der Waals surface area (Å²) in [4.78, 5) is 25.6. The summed E-state index contributed by atoms with van der Waals surface area (Å²) < 4.78 is 5.26. The highest BCUT2D eigenvalue weighted by molar-refractivity contribution is 7.98. The van der Waals surface area contributed by atoms with E-state index in [0.29, 0.717) is 16.9 Å². The molecule has 0 bridgehead atoms. The summed E-state index contributed by atoms with van der Waals surface area (Å²) in [6.45, 7) is 6.33. The van der Waals surface area contributed by atoms with Crippen molar-refractivity contribution in [1.82, 2.24) is 10.9 Å². The van der Waals surface area contributed by atoms with Gasteiger partial charge in [0.2, 0.25) is 0 Å². The maximum atomic E-state index is 12.3. The van der Waals surface area contributed by atoms with Crippen molar-refractivity contribution in [2.24, 2.45) is 0 Å². The fourth-order valence-corrected chi connectivity index (χ4v) is 2.79. The van der Waals surface area contributed by atoms with Crippen LogP contribution in [-0.4, -0.2) is 25.2 Å². The molecule has 0 aliphatic rings. The predicted octanol–water partition coefficient (Wildman–Crippen LogP) is 3.79. The average Bonchev–Trinajstić information content (AvgIpc) is 2.64. The number of hydrogen-bond donors (Lipinski definition) is 2. The third kappa shape index (κ3) is 4.79. The summed E-state index contributed by atoms with van der Waals surface area (Å²) in [5, 5.41) is 0. The smallest absolute Gasteiger partial charge is 0.273 e. The summed E-state index contributed by atoms with van der Waals surface area (Å²) in [6.07, 6.45) is 1.94. The van der Waals surface area contributed by atoms with Crippen LogP contribution in [0.5, 0.6) is 5.75 Å². The van der Waals surface area contributed by atoms with Crippen LogP contribution >= 0.6 is 11.8 Å². The molecule has 6 heteroatoms. The molecule has 2 N–H and O–H groups in total. The standard InChI is InChI=1S/C20H24N2O3S/c1-20(2,3)14-8-6-13(7-9-14)18(23)21-22-19(24)16-11-10-15(26-5)12-17(16)25-4/h6-12H,1-5H3,(H,21,23)(H,22,24). The van der Waals surface area contributed by atoms with Gasteiger partial charge < -0.3 is 4.74 Å². The number of amides is 2. The van der Waals surface area contributed by atoms with Gasteiger partial charge in [-0.1, -0.05) is 32.9 Å². The van der Waals surface area contributed by atoms with Gasteiger partial charge in [0.1, 0.15) is 5.75 Å². The fraction of sp³-hybridized carbons (Fsp3) is 0.300. The molecule has 26 heavy (non-hydrogen) atoms. The fourth-order valence-electron chi connectivity index (χ4n) is 2.36. The number of thioether (sulfide) groups is 1. The lowest BCUT2D eigenvalue weighted by molar-refractivity contribution is 0.0845.